The molecule has 0 aromatic carbocycles. The molecule has 2 heterocycles. The first kappa shape index (κ1) is 18.0. The van der Waals surface area contributed by atoms with E-state index in [-0.39, 0.29) is 11.4 Å². The Morgan fingerprint density at radius 2 is 1.80 bits per heavy atom. The molecule has 1 saturated carbocycles. The number of alkyl halides is 3. The number of aromatic nitrogens is 1. The highest BCUT2D eigenvalue weighted by Gasteiger charge is 2.38. The van der Waals surface area contributed by atoms with Gasteiger partial charge in [0.1, 0.15) is 5.69 Å². The average Bonchev–Trinajstić information content (AvgIpc) is 3.14. The van der Waals surface area contributed by atoms with Crippen molar-refractivity contribution < 1.29 is 18.0 Å². The molecule has 1 saturated heterocycles. The van der Waals surface area contributed by atoms with E-state index in [1.54, 1.807) is 4.90 Å². The minimum Gasteiger partial charge on any atom is -0.367 e. The number of hydrogen-bond donors (Lipinski definition) is 1. The van der Waals surface area contributed by atoms with Crippen LogP contribution in [0.5, 0.6) is 0 Å². The van der Waals surface area contributed by atoms with Gasteiger partial charge in [-0.25, -0.2) is 4.98 Å². The second-order valence-corrected chi connectivity index (χ2v) is 6.60. The van der Waals surface area contributed by atoms with Gasteiger partial charge in [-0.1, -0.05) is 12.8 Å². The van der Waals surface area contributed by atoms with E-state index in [9.17, 15) is 18.0 Å². The Morgan fingerprint density at radius 1 is 1.16 bits per heavy atom. The summed E-state index contributed by atoms with van der Waals surface area (Å²) in [7, 11) is 1.37. The van der Waals surface area contributed by atoms with Crippen LogP contribution < -0.4 is 10.2 Å². The van der Waals surface area contributed by atoms with Crippen molar-refractivity contribution >= 4 is 11.6 Å². The second-order valence-electron chi connectivity index (χ2n) is 6.60. The van der Waals surface area contributed by atoms with Crippen molar-refractivity contribution in [2.45, 2.75) is 37.9 Å². The average molecular weight is 356 g/mol. The Bertz CT molecular complexity index is 621. The molecule has 0 atom stereocenters. The van der Waals surface area contributed by atoms with E-state index in [2.05, 4.69) is 15.2 Å². The fourth-order valence-corrected chi connectivity index (χ4v) is 3.77. The predicted octanol–water partition coefficient (Wildman–Crippen LogP) is 2.52. The summed E-state index contributed by atoms with van der Waals surface area (Å²) in [6.45, 7) is 2.61. The van der Waals surface area contributed by atoms with Gasteiger partial charge in [0.25, 0.3) is 5.91 Å². The molecule has 0 unspecified atom stereocenters. The molecule has 25 heavy (non-hydrogen) atoms. The highest BCUT2D eigenvalue weighted by Crippen LogP contribution is 2.36. The molecule has 8 heteroatoms. The Hall–Kier alpha value is -1.83. The van der Waals surface area contributed by atoms with Crippen LogP contribution >= 0.6 is 0 Å². The topological polar surface area (TPSA) is 48.5 Å². The molecule has 3 rings (SSSR count). The molecule has 0 radical (unpaired) electrons. The van der Waals surface area contributed by atoms with Crippen LogP contribution in [0.4, 0.5) is 18.9 Å². The van der Waals surface area contributed by atoms with Crippen LogP contribution in [-0.2, 0) is 6.18 Å². The summed E-state index contributed by atoms with van der Waals surface area (Å²) in [4.78, 5) is 19.3. The Kier molecular flexibility index (Phi) is 5.17. The largest absolute Gasteiger partial charge is 0.435 e. The third kappa shape index (κ3) is 3.89. The van der Waals surface area contributed by atoms with Crippen LogP contribution in [-0.4, -0.2) is 55.1 Å². The molecule has 0 spiro atoms. The maximum Gasteiger partial charge on any atom is 0.435 e. The lowest BCUT2D eigenvalue weighted by Crippen LogP contribution is -2.50. The Balaban J connectivity index is 1.78. The SMILES string of the molecule is CNC(=O)c1ccc(N2CCN(C3CCCC3)CC2)c(C(F)(F)F)n1. The summed E-state index contributed by atoms with van der Waals surface area (Å²) in [6.07, 6.45) is 0.274. The van der Waals surface area contributed by atoms with Gasteiger partial charge in [0.15, 0.2) is 5.69 Å². The van der Waals surface area contributed by atoms with Gasteiger partial charge in [-0.3, -0.25) is 9.69 Å². The molecule has 0 bridgehead atoms. The van der Waals surface area contributed by atoms with Crippen LogP contribution in [0.2, 0.25) is 0 Å². The lowest BCUT2D eigenvalue weighted by atomic mass is 10.1. The minimum absolute atomic E-state index is 0.0613. The summed E-state index contributed by atoms with van der Waals surface area (Å²) in [5.74, 6) is -0.622. The maximum atomic E-state index is 13.4. The van der Waals surface area contributed by atoms with Gasteiger partial charge in [-0.15, -0.1) is 0 Å². The molecule has 1 aliphatic heterocycles. The summed E-state index contributed by atoms with van der Waals surface area (Å²) in [5, 5.41) is 2.31. The van der Waals surface area contributed by atoms with E-state index < -0.39 is 17.8 Å². The molecule has 1 N–H and O–H groups in total. The lowest BCUT2D eigenvalue weighted by molar-refractivity contribution is -0.140. The molecule has 1 aromatic rings. The first-order valence-corrected chi connectivity index (χ1v) is 8.69. The molecule has 1 aromatic heterocycles. The fourth-order valence-electron chi connectivity index (χ4n) is 3.77. The number of halogens is 3. The number of carbonyl (C=O) groups excluding carboxylic acids is 1. The third-order valence-electron chi connectivity index (χ3n) is 5.10. The van der Waals surface area contributed by atoms with Gasteiger partial charge < -0.3 is 10.2 Å². The van der Waals surface area contributed by atoms with E-state index in [0.29, 0.717) is 19.1 Å². The zero-order valence-corrected chi connectivity index (χ0v) is 14.3. The van der Waals surface area contributed by atoms with E-state index in [0.717, 1.165) is 13.1 Å². The van der Waals surface area contributed by atoms with Crippen LogP contribution in [0.1, 0.15) is 41.9 Å². The molecule has 1 amide bonds. The summed E-state index contributed by atoms with van der Waals surface area (Å²) < 4.78 is 40.3. The van der Waals surface area contributed by atoms with Crippen molar-refractivity contribution in [3.8, 4) is 0 Å². The van der Waals surface area contributed by atoms with Crippen molar-refractivity contribution in [1.82, 2.24) is 15.2 Å². The summed E-state index contributed by atoms with van der Waals surface area (Å²) in [6, 6.07) is 3.30. The number of nitrogens with one attached hydrogen (secondary N) is 1. The van der Waals surface area contributed by atoms with E-state index in [1.165, 1.54) is 44.9 Å². The third-order valence-corrected chi connectivity index (χ3v) is 5.10. The number of rotatable bonds is 3. The van der Waals surface area contributed by atoms with E-state index >= 15 is 0 Å². The summed E-state index contributed by atoms with van der Waals surface area (Å²) >= 11 is 0. The zero-order valence-electron chi connectivity index (χ0n) is 14.3. The number of hydrogen-bond acceptors (Lipinski definition) is 4. The van der Waals surface area contributed by atoms with Gasteiger partial charge in [0.05, 0.1) is 5.69 Å². The van der Waals surface area contributed by atoms with E-state index in [1.807, 2.05) is 0 Å². The first-order chi connectivity index (χ1) is 11.9. The smallest absolute Gasteiger partial charge is 0.367 e. The van der Waals surface area contributed by atoms with Crippen molar-refractivity contribution in [2.75, 3.05) is 38.1 Å². The van der Waals surface area contributed by atoms with Gasteiger partial charge in [-0.05, 0) is 25.0 Å². The van der Waals surface area contributed by atoms with Crippen molar-refractivity contribution in [1.29, 1.82) is 0 Å². The normalized spacial score (nSPS) is 20.1. The van der Waals surface area contributed by atoms with Crippen molar-refractivity contribution in [2.24, 2.45) is 0 Å². The van der Waals surface area contributed by atoms with Crippen LogP contribution in [0.3, 0.4) is 0 Å². The summed E-state index contributed by atoms with van der Waals surface area (Å²) in [5.41, 5.74) is -1.14. The van der Waals surface area contributed by atoms with E-state index in [4.69, 9.17) is 0 Å². The molecule has 2 fully saturated rings. The lowest BCUT2D eigenvalue weighted by Gasteiger charge is -2.39. The van der Waals surface area contributed by atoms with Gasteiger partial charge >= 0.3 is 6.18 Å². The van der Waals surface area contributed by atoms with Crippen molar-refractivity contribution in [3.05, 3.63) is 23.5 Å². The molecule has 2 aliphatic rings. The predicted molar refractivity (Wildman–Crippen MR) is 88.7 cm³/mol. The zero-order chi connectivity index (χ0) is 18.0. The van der Waals surface area contributed by atoms with Gasteiger partial charge in [-0.2, -0.15) is 13.2 Å². The van der Waals surface area contributed by atoms with Gasteiger partial charge in [0, 0.05) is 39.3 Å². The molecule has 1 aliphatic carbocycles. The first-order valence-electron chi connectivity index (χ1n) is 8.69. The molecule has 138 valence electrons. The van der Waals surface area contributed by atoms with Gasteiger partial charge in [0.2, 0.25) is 0 Å². The monoisotopic (exact) mass is 356 g/mol. The molecular formula is C17H23F3N4O. The second kappa shape index (κ2) is 7.19. The van der Waals surface area contributed by atoms with Crippen LogP contribution in [0.15, 0.2) is 12.1 Å². The number of pyridine rings is 1. The Morgan fingerprint density at radius 3 is 2.36 bits per heavy atom. The number of amides is 1. The number of nitrogens with zero attached hydrogens (tertiary/aromatic N) is 3. The molecule has 5 nitrogen and oxygen atoms in total. The number of anilines is 1. The quantitative estimate of drug-likeness (QED) is 0.904. The number of carbonyl (C=O) groups is 1. The van der Waals surface area contributed by atoms with Crippen LogP contribution in [0, 0.1) is 0 Å². The number of piperazine rings is 1. The molecular weight excluding hydrogens is 333 g/mol. The minimum atomic E-state index is -4.60. The maximum absolute atomic E-state index is 13.4. The van der Waals surface area contributed by atoms with Crippen LogP contribution in [0.25, 0.3) is 0 Å². The highest BCUT2D eigenvalue weighted by atomic mass is 19.4. The Labute approximate surface area is 145 Å². The highest BCUT2D eigenvalue weighted by molar-refractivity contribution is 5.92. The fraction of sp³-hybridized carbons (Fsp3) is 0.647. The standard InChI is InChI=1S/C17H23F3N4O/c1-21-16(25)13-6-7-14(15(22-13)17(18,19)20)24-10-8-23(9-11-24)12-4-2-3-5-12/h6-7,12H,2-5,8-11H2,1H3,(H,21,25). The van der Waals surface area contributed by atoms with Crippen molar-refractivity contribution in [3.63, 3.8) is 0 Å².